The minimum absolute atomic E-state index is 0.119. The summed E-state index contributed by atoms with van der Waals surface area (Å²) in [6.07, 6.45) is 4.91. The molecule has 3 atom stereocenters. The Morgan fingerprint density at radius 3 is 2.55 bits per heavy atom. The Labute approximate surface area is 187 Å². The van der Waals surface area contributed by atoms with E-state index in [1.54, 1.807) is 27.2 Å². The van der Waals surface area contributed by atoms with Crippen LogP contribution in [0, 0.1) is 5.92 Å². The molecule has 0 saturated carbocycles. The molecule has 0 unspecified atom stereocenters. The van der Waals surface area contributed by atoms with Crippen molar-refractivity contribution in [3.05, 3.63) is 46.1 Å². The summed E-state index contributed by atoms with van der Waals surface area (Å²) in [5, 5.41) is 10.5. The highest BCUT2D eigenvalue weighted by atomic mass is 127. The highest BCUT2D eigenvalue weighted by Gasteiger charge is 2.21. The summed E-state index contributed by atoms with van der Waals surface area (Å²) >= 11 is 2.11. The molecule has 6 nitrogen and oxygen atoms in total. The van der Waals surface area contributed by atoms with Crippen molar-refractivity contribution < 1.29 is 28.8 Å². The maximum absolute atomic E-state index is 11.6. The third kappa shape index (κ3) is 9.64. The van der Waals surface area contributed by atoms with Gasteiger partial charge in [-0.1, -0.05) is 54.7 Å². The standard InChI is InChI=1S/C22H31IO6/c1-5-22(25)29-18(8-6-7-11-23)13-19(24)16(2)14-28-15-17-9-10-20(26-3)21(12-17)27-4/h6-12,16,18-19,24H,5,13-15H2,1-4H3/b8-6+,11-7+/t16-,18-,19+/m0/s1. The number of aliphatic hydroxyl groups excluding tert-OH is 1. The number of carbonyl (C=O) groups is 1. The Morgan fingerprint density at radius 1 is 1.21 bits per heavy atom. The van der Waals surface area contributed by atoms with E-state index in [-0.39, 0.29) is 11.9 Å². The smallest absolute Gasteiger partial charge is 0.306 e. The molecule has 0 fully saturated rings. The molecule has 0 aliphatic heterocycles. The number of methoxy groups -OCH3 is 2. The summed E-state index contributed by atoms with van der Waals surface area (Å²) in [4.78, 5) is 11.6. The number of hydrogen-bond donors (Lipinski definition) is 1. The van der Waals surface area contributed by atoms with Gasteiger partial charge in [-0.25, -0.2) is 0 Å². The van der Waals surface area contributed by atoms with Gasteiger partial charge in [-0.05, 0) is 27.9 Å². The Hall–Kier alpha value is -1.58. The molecular formula is C22H31IO6. The Bertz CT molecular complexity index is 673. The molecule has 0 radical (unpaired) electrons. The van der Waals surface area contributed by atoms with Gasteiger partial charge in [-0.3, -0.25) is 4.79 Å². The molecule has 0 aliphatic carbocycles. The summed E-state index contributed by atoms with van der Waals surface area (Å²) < 4.78 is 23.5. The zero-order valence-electron chi connectivity index (χ0n) is 17.5. The lowest BCUT2D eigenvalue weighted by molar-refractivity contribution is -0.148. The number of halogens is 1. The molecule has 0 aliphatic rings. The van der Waals surface area contributed by atoms with Gasteiger partial charge in [0, 0.05) is 18.8 Å². The van der Waals surface area contributed by atoms with Crippen LogP contribution >= 0.6 is 22.6 Å². The largest absolute Gasteiger partial charge is 0.493 e. The number of aliphatic hydroxyl groups is 1. The molecule has 1 aromatic carbocycles. The van der Waals surface area contributed by atoms with Crippen LogP contribution in [0.1, 0.15) is 32.3 Å². The van der Waals surface area contributed by atoms with E-state index in [2.05, 4.69) is 22.6 Å². The monoisotopic (exact) mass is 518 g/mol. The number of rotatable bonds is 13. The van der Waals surface area contributed by atoms with Crippen molar-refractivity contribution in [1.29, 1.82) is 0 Å². The number of carbonyl (C=O) groups excluding carboxylic acids is 1. The van der Waals surface area contributed by atoms with Gasteiger partial charge in [0.2, 0.25) is 0 Å². The fourth-order valence-corrected chi connectivity index (χ4v) is 2.80. The van der Waals surface area contributed by atoms with Crippen molar-refractivity contribution in [3.63, 3.8) is 0 Å². The molecule has 0 bridgehead atoms. The van der Waals surface area contributed by atoms with Crippen LogP contribution in [-0.4, -0.2) is 44.1 Å². The van der Waals surface area contributed by atoms with Crippen molar-refractivity contribution in [2.24, 2.45) is 5.92 Å². The van der Waals surface area contributed by atoms with E-state index in [9.17, 15) is 9.90 Å². The molecular weight excluding hydrogens is 487 g/mol. The summed E-state index contributed by atoms with van der Waals surface area (Å²) in [5.74, 6) is 0.905. The minimum Gasteiger partial charge on any atom is -0.493 e. The lowest BCUT2D eigenvalue weighted by Crippen LogP contribution is -2.28. The first kappa shape index (κ1) is 25.5. The molecule has 1 rings (SSSR count). The summed E-state index contributed by atoms with van der Waals surface area (Å²) in [5.41, 5.74) is 0.951. The number of ether oxygens (including phenoxy) is 4. The summed E-state index contributed by atoms with van der Waals surface area (Å²) in [6, 6.07) is 5.61. The van der Waals surface area contributed by atoms with E-state index in [0.29, 0.717) is 37.6 Å². The molecule has 7 heteroatoms. The Kier molecular flexibility index (Phi) is 12.6. The van der Waals surface area contributed by atoms with Crippen LogP contribution < -0.4 is 9.47 Å². The van der Waals surface area contributed by atoms with E-state index in [0.717, 1.165) is 5.56 Å². The third-order valence-corrected chi connectivity index (χ3v) is 4.72. The molecule has 0 saturated heterocycles. The molecule has 0 amide bonds. The normalized spacial score (nSPS) is 14.7. The van der Waals surface area contributed by atoms with Crippen LogP contribution in [0.3, 0.4) is 0 Å². The lowest BCUT2D eigenvalue weighted by Gasteiger charge is -2.23. The lowest BCUT2D eigenvalue weighted by atomic mass is 9.99. The van der Waals surface area contributed by atoms with E-state index < -0.39 is 12.2 Å². The average molecular weight is 518 g/mol. The maximum atomic E-state index is 11.6. The van der Waals surface area contributed by atoms with Gasteiger partial charge in [0.25, 0.3) is 0 Å². The van der Waals surface area contributed by atoms with Crippen molar-refractivity contribution in [2.45, 2.75) is 45.5 Å². The first-order valence-electron chi connectivity index (χ1n) is 9.54. The van der Waals surface area contributed by atoms with Gasteiger partial charge in [0.1, 0.15) is 6.10 Å². The maximum Gasteiger partial charge on any atom is 0.306 e. The topological polar surface area (TPSA) is 74.2 Å². The second-order valence-electron chi connectivity index (χ2n) is 6.57. The highest BCUT2D eigenvalue weighted by molar-refractivity contribution is 14.1. The summed E-state index contributed by atoms with van der Waals surface area (Å²) in [7, 11) is 3.18. The first-order chi connectivity index (χ1) is 13.9. The van der Waals surface area contributed by atoms with Crippen LogP contribution in [0.2, 0.25) is 0 Å². The Morgan fingerprint density at radius 2 is 1.93 bits per heavy atom. The first-order valence-corrected chi connectivity index (χ1v) is 10.8. The zero-order chi connectivity index (χ0) is 21.6. The Balaban J connectivity index is 2.56. The van der Waals surface area contributed by atoms with E-state index >= 15 is 0 Å². The highest BCUT2D eigenvalue weighted by Crippen LogP contribution is 2.27. The van der Waals surface area contributed by atoms with Gasteiger partial charge >= 0.3 is 5.97 Å². The van der Waals surface area contributed by atoms with Crippen molar-refractivity contribution >= 4 is 28.6 Å². The number of allylic oxidation sites excluding steroid dienone is 2. The predicted molar refractivity (Wildman–Crippen MR) is 121 cm³/mol. The van der Waals surface area contributed by atoms with E-state index in [1.165, 1.54) is 0 Å². The van der Waals surface area contributed by atoms with Gasteiger partial charge in [0.15, 0.2) is 11.5 Å². The van der Waals surface area contributed by atoms with Crippen LogP contribution in [-0.2, 0) is 20.9 Å². The quantitative estimate of drug-likeness (QED) is 0.237. The predicted octanol–water partition coefficient (Wildman–Crippen LogP) is 4.43. The van der Waals surface area contributed by atoms with Gasteiger partial charge in [0.05, 0.1) is 33.5 Å². The van der Waals surface area contributed by atoms with Crippen molar-refractivity contribution in [1.82, 2.24) is 0 Å². The van der Waals surface area contributed by atoms with Crippen LogP contribution in [0.5, 0.6) is 11.5 Å². The second kappa shape index (κ2) is 14.4. The number of hydrogen-bond acceptors (Lipinski definition) is 6. The minimum atomic E-state index is -0.664. The average Bonchev–Trinajstić information content (AvgIpc) is 2.73. The molecule has 0 spiro atoms. The second-order valence-corrected chi connectivity index (χ2v) is 7.29. The van der Waals surface area contributed by atoms with Gasteiger partial charge < -0.3 is 24.1 Å². The third-order valence-electron chi connectivity index (χ3n) is 4.31. The van der Waals surface area contributed by atoms with Crippen LogP contribution in [0.15, 0.2) is 40.5 Å². The van der Waals surface area contributed by atoms with Gasteiger partial charge in [-0.15, -0.1) is 0 Å². The van der Waals surface area contributed by atoms with E-state index in [1.807, 2.05) is 41.4 Å². The SMILES string of the molecule is CCC(=O)O[C@@H](/C=C/C=C/I)C[C@@H](O)[C@@H](C)COCc1ccc(OC)c(OC)c1. The number of esters is 1. The molecule has 29 heavy (non-hydrogen) atoms. The fraction of sp³-hybridized carbons (Fsp3) is 0.500. The number of benzene rings is 1. The van der Waals surface area contributed by atoms with Gasteiger partial charge in [-0.2, -0.15) is 0 Å². The summed E-state index contributed by atoms with van der Waals surface area (Å²) in [6.45, 7) is 4.43. The molecule has 0 heterocycles. The zero-order valence-corrected chi connectivity index (χ0v) is 19.6. The van der Waals surface area contributed by atoms with Crippen LogP contribution in [0.25, 0.3) is 0 Å². The van der Waals surface area contributed by atoms with Crippen LogP contribution in [0.4, 0.5) is 0 Å². The molecule has 1 N–H and O–H groups in total. The fourth-order valence-electron chi connectivity index (χ4n) is 2.56. The van der Waals surface area contributed by atoms with Crippen molar-refractivity contribution in [2.75, 3.05) is 20.8 Å². The van der Waals surface area contributed by atoms with Crippen molar-refractivity contribution in [3.8, 4) is 11.5 Å². The van der Waals surface area contributed by atoms with E-state index in [4.69, 9.17) is 18.9 Å². The molecule has 0 aromatic heterocycles. The molecule has 162 valence electrons. The molecule has 1 aromatic rings.